The summed E-state index contributed by atoms with van der Waals surface area (Å²) in [7, 11) is -4.03. The van der Waals surface area contributed by atoms with Gasteiger partial charge in [-0.05, 0) is 46.3 Å². The molecule has 0 spiro atoms. The van der Waals surface area contributed by atoms with Gasteiger partial charge in [0.25, 0.3) is 10.0 Å². The van der Waals surface area contributed by atoms with E-state index in [2.05, 4.69) is 36.6 Å². The average Bonchev–Trinajstić information content (AvgIpc) is 2.34. The number of hydrogen-bond acceptors (Lipinski definition) is 2. The van der Waals surface area contributed by atoms with E-state index in [9.17, 15) is 12.8 Å². The molecule has 0 saturated carbocycles. The predicted octanol–water partition coefficient (Wildman–Crippen LogP) is 4.80. The number of sulfonamides is 1. The minimum atomic E-state index is -4.03. The lowest BCUT2D eigenvalue weighted by molar-refractivity contribution is 0.570. The molecule has 0 aliphatic carbocycles. The summed E-state index contributed by atoms with van der Waals surface area (Å²) in [4.78, 5) is -0.437. The van der Waals surface area contributed by atoms with Gasteiger partial charge in [0.2, 0.25) is 0 Å². The fourth-order valence-corrected chi connectivity index (χ4v) is 3.61. The Morgan fingerprint density at radius 2 is 1.85 bits per heavy atom. The molecule has 2 aromatic carbocycles. The van der Waals surface area contributed by atoms with Gasteiger partial charge in [0.05, 0.1) is 15.2 Å². The van der Waals surface area contributed by atoms with Crippen molar-refractivity contribution in [3.8, 4) is 0 Å². The van der Waals surface area contributed by atoms with Crippen LogP contribution in [0.3, 0.4) is 0 Å². The van der Waals surface area contributed by atoms with Crippen molar-refractivity contribution in [2.75, 3.05) is 4.72 Å². The van der Waals surface area contributed by atoms with Gasteiger partial charge in [-0.2, -0.15) is 0 Å². The molecular formula is C12H7Br2ClFNO2S. The summed E-state index contributed by atoms with van der Waals surface area (Å²) < 4.78 is 41.2. The van der Waals surface area contributed by atoms with E-state index in [-0.39, 0.29) is 5.69 Å². The first kappa shape index (κ1) is 15.8. The van der Waals surface area contributed by atoms with Gasteiger partial charge in [0, 0.05) is 4.47 Å². The molecule has 2 rings (SSSR count). The number of benzene rings is 2. The van der Waals surface area contributed by atoms with Crippen molar-refractivity contribution in [2.24, 2.45) is 0 Å². The van der Waals surface area contributed by atoms with Crippen LogP contribution in [0.1, 0.15) is 0 Å². The number of nitrogens with one attached hydrogen (secondary N) is 1. The maximum Gasteiger partial charge on any atom is 0.264 e. The second kappa shape index (κ2) is 6.01. The van der Waals surface area contributed by atoms with Gasteiger partial charge >= 0.3 is 0 Å². The lowest BCUT2D eigenvalue weighted by atomic mass is 10.3. The molecule has 106 valence electrons. The molecule has 20 heavy (non-hydrogen) atoms. The van der Waals surface area contributed by atoms with Gasteiger partial charge in [0.1, 0.15) is 10.7 Å². The van der Waals surface area contributed by atoms with E-state index >= 15 is 0 Å². The molecule has 0 unspecified atom stereocenters. The zero-order valence-corrected chi connectivity index (χ0v) is 14.4. The molecule has 0 heterocycles. The molecular weight excluding hydrogens is 436 g/mol. The van der Waals surface area contributed by atoms with E-state index in [1.54, 1.807) is 12.1 Å². The summed E-state index contributed by atoms with van der Waals surface area (Å²) in [5, 5.41) is 0.349. The maximum atomic E-state index is 13.7. The standard InChI is InChI=1S/C12H7Br2ClFNO2S/c13-7-4-5-11(9(16)6-7)20(18,19)17-10-3-1-2-8(15)12(10)14/h1-6,17H. The predicted molar refractivity (Wildman–Crippen MR) is 84.1 cm³/mol. The molecule has 0 saturated heterocycles. The van der Waals surface area contributed by atoms with Crippen LogP contribution in [0.2, 0.25) is 5.02 Å². The summed E-state index contributed by atoms with van der Waals surface area (Å²) in [6, 6.07) is 8.42. The summed E-state index contributed by atoms with van der Waals surface area (Å²) in [5.74, 6) is -0.843. The first-order valence-electron chi connectivity index (χ1n) is 5.23. The minimum absolute atomic E-state index is 0.236. The fourth-order valence-electron chi connectivity index (χ4n) is 1.48. The third-order valence-electron chi connectivity index (χ3n) is 2.38. The number of anilines is 1. The Balaban J connectivity index is 2.44. The van der Waals surface area contributed by atoms with E-state index in [1.807, 2.05) is 0 Å². The Hall–Kier alpha value is -0.630. The fraction of sp³-hybridized carbons (Fsp3) is 0. The summed E-state index contributed by atoms with van der Waals surface area (Å²) in [6.45, 7) is 0. The smallest absolute Gasteiger partial charge is 0.264 e. The van der Waals surface area contributed by atoms with E-state index in [0.717, 1.165) is 6.07 Å². The molecule has 8 heteroatoms. The van der Waals surface area contributed by atoms with Crippen molar-refractivity contribution < 1.29 is 12.8 Å². The van der Waals surface area contributed by atoms with Crippen molar-refractivity contribution in [3.05, 3.63) is 56.2 Å². The van der Waals surface area contributed by atoms with Gasteiger partial charge in [-0.3, -0.25) is 4.72 Å². The highest BCUT2D eigenvalue weighted by Gasteiger charge is 2.20. The summed E-state index contributed by atoms with van der Waals surface area (Å²) >= 11 is 12.1. The van der Waals surface area contributed by atoms with Crippen LogP contribution in [0, 0.1) is 5.82 Å². The van der Waals surface area contributed by atoms with E-state index in [0.29, 0.717) is 14.0 Å². The van der Waals surface area contributed by atoms with E-state index < -0.39 is 20.7 Å². The Morgan fingerprint density at radius 3 is 2.50 bits per heavy atom. The van der Waals surface area contributed by atoms with E-state index in [4.69, 9.17) is 11.6 Å². The normalized spacial score (nSPS) is 11.4. The van der Waals surface area contributed by atoms with Crippen molar-refractivity contribution >= 4 is 59.2 Å². The van der Waals surface area contributed by atoms with Crippen molar-refractivity contribution in [3.63, 3.8) is 0 Å². The first-order chi connectivity index (χ1) is 9.31. The molecule has 0 bridgehead atoms. The summed E-state index contributed by atoms with van der Waals surface area (Å²) in [6.07, 6.45) is 0. The Bertz CT molecular complexity index is 768. The van der Waals surface area contributed by atoms with Crippen molar-refractivity contribution in [2.45, 2.75) is 4.90 Å². The molecule has 0 aliphatic heterocycles. The molecule has 0 radical (unpaired) electrons. The highest BCUT2D eigenvalue weighted by molar-refractivity contribution is 9.11. The quantitative estimate of drug-likeness (QED) is 0.741. The molecule has 0 fully saturated rings. The molecule has 0 aromatic heterocycles. The number of rotatable bonds is 3. The van der Waals surface area contributed by atoms with Gasteiger partial charge in [0.15, 0.2) is 0 Å². The summed E-state index contributed by atoms with van der Waals surface area (Å²) in [5.41, 5.74) is 0.236. The number of hydrogen-bond donors (Lipinski definition) is 1. The highest BCUT2D eigenvalue weighted by Crippen LogP contribution is 2.32. The molecule has 3 nitrogen and oxygen atoms in total. The van der Waals surface area contributed by atoms with Crippen molar-refractivity contribution in [1.82, 2.24) is 0 Å². The number of halogens is 4. The van der Waals surface area contributed by atoms with Crippen LogP contribution < -0.4 is 4.72 Å². The zero-order valence-electron chi connectivity index (χ0n) is 9.70. The average molecular weight is 444 g/mol. The molecule has 0 atom stereocenters. The van der Waals surface area contributed by atoms with E-state index in [1.165, 1.54) is 18.2 Å². The Kier molecular flexibility index (Phi) is 4.73. The monoisotopic (exact) mass is 441 g/mol. The van der Waals surface area contributed by atoms with Gasteiger partial charge in [-0.25, -0.2) is 12.8 Å². The molecule has 1 N–H and O–H groups in total. The van der Waals surface area contributed by atoms with Crippen LogP contribution in [0.15, 0.2) is 50.2 Å². The van der Waals surface area contributed by atoms with Crippen LogP contribution >= 0.6 is 43.5 Å². The SMILES string of the molecule is O=S(=O)(Nc1cccc(Cl)c1Br)c1ccc(Br)cc1F. The van der Waals surface area contributed by atoms with Crippen LogP contribution in [0.4, 0.5) is 10.1 Å². The Labute approximate surface area is 137 Å². The third kappa shape index (κ3) is 3.33. The lowest BCUT2D eigenvalue weighted by Gasteiger charge is -2.11. The molecule has 0 amide bonds. The third-order valence-corrected chi connectivity index (χ3v) is 5.67. The van der Waals surface area contributed by atoms with Crippen LogP contribution in [-0.2, 0) is 10.0 Å². The second-order valence-corrected chi connectivity index (χ2v) is 7.55. The minimum Gasteiger partial charge on any atom is -0.278 e. The topological polar surface area (TPSA) is 46.2 Å². The Morgan fingerprint density at radius 1 is 1.15 bits per heavy atom. The van der Waals surface area contributed by atoms with Crippen LogP contribution in [0.5, 0.6) is 0 Å². The van der Waals surface area contributed by atoms with Gasteiger partial charge in [-0.15, -0.1) is 0 Å². The maximum absolute atomic E-state index is 13.7. The molecule has 2 aromatic rings. The van der Waals surface area contributed by atoms with Crippen LogP contribution in [0.25, 0.3) is 0 Å². The first-order valence-corrected chi connectivity index (χ1v) is 8.68. The van der Waals surface area contributed by atoms with Gasteiger partial charge < -0.3 is 0 Å². The van der Waals surface area contributed by atoms with Gasteiger partial charge in [-0.1, -0.05) is 33.6 Å². The second-order valence-electron chi connectivity index (χ2n) is 3.78. The highest BCUT2D eigenvalue weighted by atomic mass is 79.9. The molecule has 0 aliphatic rings. The zero-order chi connectivity index (χ0) is 14.9. The largest absolute Gasteiger partial charge is 0.278 e. The van der Waals surface area contributed by atoms with Crippen molar-refractivity contribution in [1.29, 1.82) is 0 Å². The van der Waals surface area contributed by atoms with Crippen LogP contribution in [-0.4, -0.2) is 8.42 Å². The lowest BCUT2D eigenvalue weighted by Crippen LogP contribution is -2.15.